The van der Waals surface area contributed by atoms with E-state index in [2.05, 4.69) is 10.8 Å². The Bertz CT molecular complexity index is 1200. The van der Waals surface area contributed by atoms with E-state index in [1.807, 2.05) is 35.8 Å². The Labute approximate surface area is 160 Å². The fraction of sp³-hybridized carbons (Fsp3) is 0.136. The zero-order valence-electron chi connectivity index (χ0n) is 15.1. The molecule has 4 nitrogen and oxygen atoms in total. The second kappa shape index (κ2) is 6.96. The first-order valence-corrected chi connectivity index (χ1v) is 8.71. The highest BCUT2D eigenvalue weighted by Crippen LogP contribution is 2.33. The summed E-state index contributed by atoms with van der Waals surface area (Å²) in [5, 5.41) is 1.54. The predicted molar refractivity (Wildman–Crippen MR) is 104 cm³/mol. The highest BCUT2D eigenvalue weighted by atomic mass is 19.3. The SMILES string of the molecule is Cc1c[c]c2c3c(C(N)=O)cccc3n(Cc3cccc(OC(F)F)c3)c2c1. The smallest absolute Gasteiger partial charge is 0.387 e. The first-order chi connectivity index (χ1) is 13.4. The van der Waals surface area contributed by atoms with Gasteiger partial charge in [-0.3, -0.25) is 4.79 Å². The Morgan fingerprint density at radius 3 is 2.71 bits per heavy atom. The molecule has 4 aromatic rings. The minimum absolute atomic E-state index is 0.105. The molecule has 0 bridgehead atoms. The Morgan fingerprint density at radius 1 is 1.18 bits per heavy atom. The highest BCUT2D eigenvalue weighted by molar-refractivity contribution is 6.17. The first-order valence-electron chi connectivity index (χ1n) is 8.71. The largest absolute Gasteiger partial charge is 0.435 e. The molecule has 28 heavy (non-hydrogen) atoms. The summed E-state index contributed by atoms with van der Waals surface area (Å²) in [5.41, 5.74) is 9.54. The van der Waals surface area contributed by atoms with Crippen molar-refractivity contribution in [1.82, 2.24) is 4.57 Å². The lowest BCUT2D eigenvalue weighted by atomic mass is 10.1. The van der Waals surface area contributed by atoms with E-state index in [1.165, 1.54) is 6.07 Å². The van der Waals surface area contributed by atoms with Gasteiger partial charge in [-0.1, -0.05) is 24.3 Å². The van der Waals surface area contributed by atoms with Crippen molar-refractivity contribution in [3.63, 3.8) is 0 Å². The van der Waals surface area contributed by atoms with Gasteiger partial charge in [-0.2, -0.15) is 8.78 Å². The monoisotopic (exact) mass is 379 g/mol. The average Bonchev–Trinajstić information content (AvgIpc) is 2.94. The third-order valence-corrected chi connectivity index (χ3v) is 4.67. The number of alkyl halides is 2. The lowest BCUT2D eigenvalue weighted by Crippen LogP contribution is -2.11. The lowest BCUT2D eigenvalue weighted by Gasteiger charge is -2.10. The van der Waals surface area contributed by atoms with Crippen molar-refractivity contribution in [3.05, 3.63) is 77.4 Å². The number of rotatable bonds is 5. The number of nitrogens with zero attached hydrogens (tertiary/aromatic N) is 1. The van der Waals surface area contributed by atoms with Gasteiger partial charge in [0, 0.05) is 22.9 Å². The molecule has 1 radical (unpaired) electrons. The summed E-state index contributed by atoms with van der Waals surface area (Å²) >= 11 is 0. The van der Waals surface area contributed by atoms with Gasteiger partial charge in [0.1, 0.15) is 5.75 Å². The van der Waals surface area contributed by atoms with Gasteiger partial charge in [-0.25, -0.2) is 0 Å². The topological polar surface area (TPSA) is 57.2 Å². The van der Waals surface area contributed by atoms with E-state index < -0.39 is 12.5 Å². The molecule has 6 heteroatoms. The average molecular weight is 379 g/mol. The van der Waals surface area contributed by atoms with E-state index in [4.69, 9.17) is 5.73 Å². The van der Waals surface area contributed by atoms with Crippen molar-refractivity contribution in [2.45, 2.75) is 20.1 Å². The molecule has 0 spiro atoms. The standard InChI is InChI=1S/C22H17F2N2O2/c1-13-8-9-16-19(10-13)26(18-7-3-6-17(20(16)18)21(25)27)12-14-4-2-5-15(11-14)28-22(23)24/h2-8,10-11,22H,12H2,1H3,(H2,25,27). The van der Waals surface area contributed by atoms with E-state index in [0.29, 0.717) is 12.1 Å². The second-order valence-electron chi connectivity index (χ2n) is 6.61. The van der Waals surface area contributed by atoms with Gasteiger partial charge in [0.25, 0.3) is 0 Å². The van der Waals surface area contributed by atoms with Crippen molar-refractivity contribution in [2.24, 2.45) is 5.73 Å². The highest BCUT2D eigenvalue weighted by Gasteiger charge is 2.17. The molecule has 0 unspecified atom stereocenters. The zero-order chi connectivity index (χ0) is 19.8. The molecule has 4 rings (SSSR count). The molecule has 3 aromatic carbocycles. The van der Waals surface area contributed by atoms with Crippen LogP contribution in [0.4, 0.5) is 8.78 Å². The fourth-order valence-corrected chi connectivity index (χ4v) is 3.54. The number of nitrogens with two attached hydrogens (primary N) is 1. The summed E-state index contributed by atoms with van der Waals surface area (Å²) in [5.74, 6) is -0.403. The van der Waals surface area contributed by atoms with Crippen molar-refractivity contribution >= 4 is 27.7 Å². The van der Waals surface area contributed by atoms with Crippen molar-refractivity contribution in [3.8, 4) is 5.75 Å². The van der Waals surface area contributed by atoms with Crippen LogP contribution in [-0.2, 0) is 6.54 Å². The second-order valence-corrected chi connectivity index (χ2v) is 6.61. The number of fused-ring (bicyclic) bond motifs is 3. The first kappa shape index (κ1) is 18.0. The number of aromatic nitrogens is 1. The Kier molecular flexibility index (Phi) is 4.47. The van der Waals surface area contributed by atoms with E-state index >= 15 is 0 Å². The van der Waals surface area contributed by atoms with E-state index in [1.54, 1.807) is 24.3 Å². The van der Waals surface area contributed by atoms with Gasteiger partial charge in [0.05, 0.1) is 11.0 Å². The summed E-state index contributed by atoms with van der Waals surface area (Å²) in [6, 6.07) is 19.1. The molecule has 0 aliphatic heterocycles. The van der Waals surface area contributed by atoms with Gasteiger partial charge in [0.2, 0.25) is 5.91 Å². The Balaban J connectivity index is 1.92. The van der Waals surface area contributed by atoms with Crippen LogP contribution in [0.1, 0.15) is 21.5 Å². The third-order valence-electron chi connectivity index (χ3n) is 4.67. The minimum atomic E-state index is -2.88. The molecule has 0 atom stereocenters. The molecule has 1 heterocycles. The van der Waals surface area contributed by atoms with Gasteiger partial charge in [-0.05, 0) is 54.4 Å². The quantitative estimate of drug-likeness (QED) is 0.549. The Hall–Kier alpha value is -3.41. The van der Waals surface area contributed by atoms with Crippen molar-refractivity contribution in [2.75, 3.05) is 0 Å². The Morgan fingerprint density at radius 2 is 1.96 bits per heavy atom. The lowest BCUT2D eigenvalue weighted by molar-refractivity contribution is -0.0498. The summed E-state index contributed by atoms with van der Waals surface area (Å²) in [6.45, 7) is -0.497. The molecule has 2 N–H and O–H groups in total. The number of amides is 1. The van der Waals surface area contributed by atoms with E-state index in [0.717, 1.165) is 32.9 Å². The maximum Gasteiger partial charge on any atom is 0.387 e. The molecule has 0 fully saturated rings. The number of hydrogen-bond donors (Lipinski definition) is 1. The van der Waals surface area contributed by atoms with Crippen LogP contribution >= 0.6 is 0 Å². The molecule has 0 saturated carbocycles. The van der Waals surface area contributed by atoms with Crippen LogP contribution in [0, 0.1) is 13.0 Å². The van der Waals surface area contributed by atoms with Crippen LogP contribution in [0.3, 0.4) is 0 Å². The zero-order valence-corrected chi connectivity index (χ0v) is 15.1. The molecule has 1 aromatic heterocycles. The fourth-order valence-electron chi connectivity index (χ4n) is 3.54. The maximum atomic E-state index is 12.5. The van der Waals surface area contributed by atoms with E-state index in [9.17, 15) is 13.6 Å². The molecule has 0 aliphatic carbocycles. The van der Waals surface area contributed by atoms with Crippen LogP contribution in [-0.4, -0.2) is 17.1 Å². The maximum absolute atomic E-state index is 12.5. The van der Waals surface area contributed by atoms with Gasteiger partial charge in [0.15, 0.2) is 0 Å². The number of halogens is 2. The minimum Gasteiger partial charge on any atom is -0.435 e. The van der Waals surface area contributed by atoms with Crippen LogP contribution in [0.5, 0.6) is 5.75 Å². The number of benzene rings is 3. The van der Waals surface area contributed by atoms with E-state index in [-0.39, 0.29) is 5.75 Å². The van der Waals surface area contributed by atoms with Gasteiger partial charge >= 0.3 is 6.61 Å². The van der Waals surface area contributed by atoms with Crippen LogP contribution in [0.2, 0.25) is 0 Å². The number of primary amides is 1. The summed E-state index contributed by atoms with van der Waals surface area (Å²) < 4.78 is 31.6. The van der Waals surface area contributed by atoms with Crippen molar-refractivity contribution < 1.29 is 18.3 Å². The van der Waals surface area contributed by atoms with Gasteiger partial charge in [-0.15, -0.1) is 0 Å². The number of carbonyl (C=O) groups excluding carboxylic acids is 1. The van der Waals surface area contributed by atoms with Crippen LogP contribution in [0.25, 0.3) is 21.8 Å². The molecule has 0 saturated heterocycles. The van der Waals surface area contributed by atoms with Crippen LogP contribution in [0.15, 0.2) is 54.6 Å². The summed E-state index contributed by atoms with van der Waals surface area (Å²) in [6.07, 6.45) is 0. The molecular formula is C22H17F2N2O2. The molecule has 141 valence electrons. The van der Waals surface area contributed by atoms with Crippen LogP contribution < -0.4 is 10.5 Å². The predicted octanol–water partition coefficient (Wildman–Crippen LogP) is 4.65. The number of carbonyl (C=O) groups is 1. The third kappa shape index (κ3) is 3.17. The summed E-state index contributed by atoms with van der Waals surface area (Å²) in [7, 11) is 0. The number of aryl methyl sites for hydroxylation is 1. The van der Waals surface area contributed by atoms with Gasteiger partial charge < -0.3 is 15.0 Å². The normalized spacial score (nSPS) is 11.4. The number of hydrogen-bond acceptors (Lipinski definition) is 2. The molecule has 0 aliphatic rings. The molecular weight excluding hydrogens is 362 g/mol. The summed E-state index contributed by atoms with van der Waals surface area (Å²) in [4.78, 5) is 12.0. The number of ether oxygens (including phenoxy) is 1. The molecule has 1 amide bonds. The van der Waals surface area contributed by atoms with Crippen molar-refractivity contribution in [1.29, 1.82) is 0 Å².